The average molecular weight is 284 g/mol. The van der Waals surface area contributed by atoms with Crippen LogP contribution in [0.15, 0.2) is 12.1 Å². The fraction of sp³-hybridized carbons (Fsp3) is 0.357. The number of amides is 1. The molecule has 0 bridgehead atoms. The van der Waals surface area contributed by atoms with Crippen LogP contribution in [0, 0.1) is 13.8 Å². The second kappa shape index (κ2) is 5.08. The van der Waals surface area contributed by atoms with Gasteiger partial charge >= 0.3 is 0 Å². The van der Waals surface area contributed by atoms with E-state index in [-0.39, 0.29) is 11.9 Å². The SMILES string of the molecule is Cc1nnc(NC(=O)c2ccc3c(n2)N(C)CC3)nc1C. The smallest absolute Gasteiger partial charge is 0.276 e. The first-order chi connectivity index (χ1) is 10.0. The molecule has 1 amide bonds. The van der Waals surface area contributed by atoms with Crippen molar-refractivity contribution in [1.82, 2.24) is 20.2 Å². The first-order valence-corrected chi connectivity index (χ1v) is 6.75. The van der Waals surface area contributed by atoms with Gasteiger partial charge in [-0.25, -0.2) is 9.97 Å². The lowest BCUT2D eigenvalue weighted by Gasteiger charge is -2.11. The van der Waals surface area contributed by atoms with Crippen LogP contribution in [0.1, 0.15) is 27.4 Å². The van der Waals surface area contributed by atoms with E-state index in [1.807, 2.05) is 31.9 Å². The van der Waals surface area contributed by atoms with Crippen LogP contribution < -0.4 is 10.2 Å². The predicted octanol–water partition coefficient (Wildman–Crippen LogP) is 1.13. The van der Waals surface area contributed by atoms with Crippen molar-refractivity contribution in [3.63, 3.8) is 0 Å². The lowest BCUT2D eigenvalue weighted by molar-refractivity contribution is 0.102. The predicted molar refractivity (Wildman–Crippen MR) is 78.5 cm³/mol. The molecule has 21 heavy (non-hydrogen) atoms. The van der Waals surface area contributed by atoms with E-state index in [0.29, 0.717) is 5.69 Å². The van der Waals surface area contributed by atoms with Gasteiger partial charge in [0.1, 0.15) is 11.5 Å². The molecule has 0 aromatic carbocycles. The topological polar surface area (TPSA) is 83.9 Å². The van der Waals surface area contributed by atoms with Crippen molar-refractivity contribution in [3.05, 3.63) is 34.8 Å². The van der Waals surface area contributed by atoms with Gasteiger partial charge < -0.3 is 4.90 Å². The van der Waals surface area contributed by atoms with E-state index >= 15 is 0 Å². The number of carbonyl (C=O) groups is 1. The molecule has 1 N–H and O–H groups in total. The zero-order chi connectivity index (χ0) is 15.0. The minimum atomic E-state index is -0.330. The number of carbonyl (C=O) groups excluding carboxylic acids is 1. The molecular weight excluding hydrogens is 268 g/mol. The molecule has 1 aliphatic heterocycles. The van der Waals surface area contributed by atoms with Gasteiger partial charge in [-0.2, -0.15) is 5.10 Å². The number of hydrogen-bond acceptors (Lipinski definition) is 6. The highest BCUT2D eigenvalue weighted by Gasteiger charge is 2.20. The van der Waals surface area contributed by atoms with E-state index in [9.17, 15) is 4.79 Å². The van der Waals surface area contributed by atoms with Crippen LogP contribution in [0.2, 0.25) is 0 Å². The van der Waals surface area contributed by atoms with E-state index in [0.717, 1.165) is 35.7 Å². The van der Waals surface area contributed by atoms with Gasteiger partial charge in [-0.05, 0) is 31.9 Å². The van der Waals surface area contributed by atoms with E-state index in [4.69, 9.17) is 0 Å². The Bertz CT molecular complexity index is 715. The maximum Gasteiger partial charge on any atom is 0.276 e. The van der Waals surface area contributed by atoms with Crippen LogP contribution in [0.4, 0.5) is 11.8 Å². The molecule has 3 heterocycles. The highest BCUT2D eigenvalue weighted by atomic mass is 16.2. The number of anilines is 2. The van der Waals surface area contributed by atoms with Gasteiger partial charge in [-0.3, -0.25) is 10.1 Å². The van der Waals surface area contributed by atoms with Crippen molar-refractivity contribution >= 4 is 17.7 Å². The summed E-state index contributed by atoms with van der Waals surface area (Å²) in [6.07, 6.45) is 0.963. The lowest BCUT2D eigenvalue weighted by Crippen LogP contribution is -2.19. The molecule has 0 fully saturated rings. The number of aryl methyl sites for hydroxylation is 2. The molecule has 0 aliphatic carbocycles. The number of nitrogens with one attached hydrogen (secondary N) is 1. The Morgan fingerprint density at radius 3 is 2.76 bits per heavy atom. The number of likely N-dealkylation sites (N-methyl/N-ethyl adjacent to an activating group) is 1. The van der Waals surface area contributed by atoms with Crippen LogP contribution in [0.3, 0.4) is 0 Å². The van der Waals surface area contributed by atoms with Crippen molar-refractivity contribution in [2.24, 2.45) is 0 Å². The Labute approximate surface area is 122 Å². The third-order valence-electron chi connectivity index (χ3n) is 3.58. The maximum atomic E-state index is 12.2. The second-order valence-corrected chi connectivity index (χ2v) is 5.11. The summed E-state index contributed by atoms with van der Waals surface area (Å²) >= 11 is 0. The standard InChI is InChI=1S/C14H16N6O/c1-8-9(2)18-19-14(15-8)17-13(21)11-5-4-10-6-7-20(3)12(10)16-11/h4-5H,6-7H2,1-3H3,(H,15,17,19,21). The van der Waals surface area contributed by atoms with Gasteiger partial charge in [0.2, 0.25) is 5.95 Å². The third-order valence-corrected chi connectivity index (χ3v) is 3.58. The summed E-state index contributed by atoms with van der Waals surface area (Å²) in [7, 11) is 1.97. The van der Waals surface area contributed by atoms with E-state index in [1.54, 1.807) is 6.07 Å². The van der Waals surface area contributed by atoms with Crippen LogP contribution >= 0.6 is 0 Å². The van der Waals surface area contributed by atoms with Gasteiger partial charge in [-0.15, -0.1) is 5.10 Å². The van der Waals surface area contributed by atoms with Gasteiger partial charge in [0.15, 0.2) is 0 Å². The Morgan fingerprint density at radius 2 is 2.00 bits per heavy atom. The molecule has 1 aliphatic rings. The Kier molecular flexibility index (Phi) is 3.25. The number of hydrogen-bond donors (Lipinski definition) is 1. The minimum Gasteiger partial charge on any atom is -0.359 e. The van der Waals surface area contributed by atoms with Crippen molar-refractivity contribution in [2.75, 3.05) is 23.8 Å². The molecule has 0 atom stereocenters. The molecule has 0 radical (unpaired) electrons. The van der Waals surface area contributed by atoms with E-state index < -0.39 is 0 Å². The second-order valence-electron chi connectivity index (χ2n) is 5.11. The zero-order valence-corrected chi connectivity index (χ0v) is 12.2. The summed E-state index contributed by atoms with van der Waals surface area (Å²) in [5.41, 5.74) is 3.00. The number of pyridine rings is 1. The summed E-state index contributed by atoms with van der Waals surface area (Å²) < 4.78 is 0. The summed E-state index contributed by atoms with van der Waals surface area (Å²) in [6.45, 7) is 4.57. The number of rotatable bonds is 2. The van der Waals surface area contributed by atoms with Crippen LogP contribution in [0.25, 0.3) is 0 Å². The molecule has 7 heteroatoms. The van der Waals surface area contributed by atoms with Gasteiger partial charge in [0.25, 0.3) is 5.91 Å². The van der Waals surface area contributed by atoms with Gasteiger partial charge in [0, 0.05) is 13.6 Å². The lowest BCUT2D eigenvalue weighted by atomic mass is 10.2. The van der Waals surface area contributed by atoms with Crippen LogP contribution in [-0.2, 0) is 6.42 Å². The van der Waals surface area contributed by atoms with E-state index in [2.05, 4.69) is 25.5 Å². The Hall–Kier alpha value is -2.57. The highest BCUT2D eigenvalue weighted by molar-refractivity contribution is 6.02. The summed E-state index contributed by atoms with van der Waals surface area (Å²) in [4.78, 5) is 22.8. The minimum absolute atomic E-state index is 0.193. The average Bonchev–Trinajstić information content (AvgIpc) is 2.84. The molecule has 7 nitrogen and oxygen atoms in total. The summed E-state index contributed by atoms with van der Waals surface area (Å²) in [5.74, 6) is 0.726. The molecule has 0 saturated carbocycles. The number of aromatic nitrogens is 4. The molecule has 2 aromatic heterocycles. The Balaban J connectivity index is 1.82. The van der Waals surface area contributed by atoms with Crippen LogP contribution in [0.5, 0.6) is 0 Å². The Morgan fingerprint density at radius 1 is 1.19 bits per heavy atom. The number of fused-ring (bicyclic) bond motifs is 1. The van der Waals surface area contributed by atoms with Gasteiger partial charge in [-0.1, -0.05) is 6.07 Å². The first kappa shape index (κ1) is 13.4. The van der Waals surface area contributed by atoms with Crippen LogP contribution in [-0.4, -0.2) is 39.7 Å². The fourth-order valence-electron chi connectivity index (χ4n) is 2.20. The third kappa shape index (κ3) is 2.54. The summed E-state index contributed by atoms with van der Waals surface area (Å²) in [6, 6.07) is 3.67. The number of nitrogens with zero attached hydrogens (tertiary/aromatic N) is 5. The monoisotopic (exact) mass is 284 g/mol. The molecule has 2 aromatic rings. The summed E-state index contributed by atoms with van der Waals surface area (Å²) in [5, 5.41) is 10.4. The molecule has 3 rings (SSSR count). The van der Waals surface area contributed by atoms with Crippen molar-refractivity contribution in [1.29, 1.82) is 0 Å². The van der Waals surface area contributed by atoms with Crippen molar-refractivity contribution < 1.29 is 4.79 Å². The first-order valence-electron chi connectivity index (χ1n) is 6.75. The zero-order valence-electron chi connectivity index (χ0n) is 12.2. The molecule has 108 valence electrons. The quantitative estimate of drug-likeness (QED) is 0.890. The van der Waals surface area contributed by atoms with Crippen molar-refractivity contribution in [2.45, 2.75) is 20.3 Å². The maximum absolute atomic E-state index is 12.2. The largest absolute Gasteiger partial charge is 0.359 e. The molecular formula is C14H16N6O. The molecule has 0 saturated heterocycles. The molecule has 0 spiro atoms. The normalized spacial score (nSPS) is 13.2. The van der Waals surface area contributed by atoms with Crippen molar-refractivity contribution in [3.8, 4) is 0 Å². The van der Waals surface area contributed by atoms with Gasteiger partial charge in [0.05, 0.1) is 11.4 Å². The van der Waals surface area contributed by atoms with E-state index in [1.165, 1.54) is 0 Å². The fourth-order valence-corrected chi connectivity index (χ4v) is 2.20. The highest BCUT2D eigenvalue weighted by Crippen LogP contribution is 2.24. The molecule has 0 unspecified atom stereocenters.